The molecule has 0 saturated carbocycles. The Morgan fingerprint density at radius 3 is 2.33 bits per heavy atom. The van der Waals surface area contributed by atoms with Crippen LogP contribution >= 0.6 is 0 Å². The van der Waals surface area contributed by atoms with Gasteiger partial charge in [-0.3, -0.25) is 0 Å². The fourth-order valence-corrected chi connectivity index (χ4v) is 4.63. The van der Waals surface area contributed by atoms with Crippen LogP contribution in [0.5, 0.6) is 0 Å². The van der Waals surface area contributed by atoms with E-state index in [9.17, 15) is 0 Å². The Kier molecular flexibility index (Phi) is 5.71. The van der Waals surface area contributed by atoms with Crippen LogP contribution in [0.3, 0.4) is 0 Å². The van der Waals surface area contributed by atoms with Crippen molar-refractivity contribution in [2.75, 3.05) is 5.01 Å². The number of fused-ring (bicyclic) bond motifs is 3. The predicted octanol–water partition coefficient (Wildman–Crippen LogP) is 6.02. The van der Waals surface area contributed by atoms with Gasteiger partial charge < -0.3 is 4.57 Å². The van der Waals surface area contributed by atoms with Gasteiger partial charge in [0.1, 0.15) is 0 Å². The molecule has 4 aromatic carbocycles. The molecular formula is C29H25N7. The second-order valence-corrected chi connectivity index (χ2v) is 8.55. The number of hydrogen-bond acceptors (Lipinski definition) is 5. The molecule has 0 N–H and O–H groups in total. The van der Waals surface area contributed by atoms with Crippen LogP contribution in [-0.4, -0.2) is 31.0 Å². The first kappa shape index (κ1) is 21.7. The zero-order valence-corrected chi connectivity index (χ0v) is 19.9. The molecule has 0 saturated heterocycles. The van der Waals surface area contributed by atoms with E-state index in [2.05, 4.69) is 81.6 Å². The topological polar surface area (TPSA) is 64.1 Å². The molecule has 6 aromatic rings. The highest BCUT2D eigenvalue weighted by atomic mass is 15.6. The molecular weight excluding hydrogens is 446 g/mol. The normalized spacial score (nSPS) is 11.6. The number of anilines is 2. The van der Waals surface area contributed by atoms with Crippen LogP contribution in [0.25, 0.3) is 21.8 Å². The average Bonchev–Trinajstić information content (AvgIpc) is 3.52. The fourth-order valence-electron chi connectivity index (χ4n) is 4.63. The largest absolute Gasteiger partial charge is 0.341 e. The molecule has 2 aromatic heterocycles. The standard InChI is InChI=1S/C29H25N7/c1-2-34-27-16-10-9-15-25(27)26-19-23(17-18-28(26)34)20-30-36(24-13-7-4-8-14-24)29-31-32-33-35(29)21-22-11-5-3-6-12-22/h3-20H,2,21H2,1H3/b30-20-. The molecule has 0 radical (unpaired) electrons. The number of rotatable bonds is 7. The van der Waals surface area contributed by atoms with E-state index in [0.717, 1.165) is 23.4 Å². The van der Waals surface area contributed by atoms with Crippen LogP contribution in [0, 0.1) is 0 Å². The summed E-state index contributed by atoms with van der Waals surface area (Å²) < 4.78 is 4.11. The van der Waals surface area contributed by atoms with Crippen LogP contribution in [0.15, 0.2) is 108 Å². The Morgan fingerprint density at radius 1 is 0.806 bits per heavy atom. The van der Waals surface area contributed by atoms with Gasteiger partial charge in [-0.05, 0) is 58.8 Å². The number of benzene rings is 4. The third-order valence-corrected chi connectivity index (χ3v) is 6.31. The summed E-state index contributed by atoms with van der Waals surface area (Å²) in [6.07, 6.45) is 1.87. The second-order valence-electron chi connectivity index (χ2n) is 8.55. The third-order valence-electron chi connectivity index (χ3n) is 6.31. The average molecular weight is 472 g/mol. The Balaban J connectivity index is 1.40. The maximum absolute atomic E-state index is 4.86. The summed E-state index contributed by atoms with van der Waals surface area (Å²) in [5, 5.41) is 21.6. The molecule has 0 aliphatic carbocycles. The van der Waals surface area contributed by atoms with Gasteiger partial charge in [-0.1, -0.05) is 77.9 Å². The van der Waals surface area contributed by atoms with Crippen molar-refractivity contribution in [3.05, 3.63) is 114 Å². The predicted molar refractivity (Wildman–Crippen MR) is 145 cm³/mol. The lowest BCUT2D eigenvalue weighted by Crippen LogP contribution is -2.16. The smallest absolute Gasteiger partial charge is 0.271 e. The summed E-state index contributed by atoms with van der Waals surface area (Å²) in [7, 11) is 0. The van der Waals surface area contributed by atoms with Gasteiger partial charge in [0.05, 0.1) is 18.4 Å². The Labute approximate surface area is 208 Å². The Bertz CT molecular complexity index is 1650. The van der Waals surface area contributed by atoms with E-state index in [1.165, 1.54) is 21.8 Å². The van der Waals surface area contributed by atoms with Crippen LogP contribution in [0.2, 0.25) is 0 Å². The maximum Gasteiger partial charge on any atom is 0.271 e. The van der Waals surface area contributed by atoms with Crippen molar-refractivity contribution in [1.29, 1.82) is 0 Å². The van der Waals surface area contributed by atoms with Crippen molar-refractivity contribution in [1.82, 2.24) is 24.8 Å². The van der Waals surface area contributed by atoms with Gasteiger partial charge in [0.15, 0.2) is 0 Å². The number of para-hydroxylation sites is 2. The van der Waals surface area contributed by atoms with E-state index in [4.69, 9.17) is 5.10 Å². The number of tetrazole rings is 1. The summed E-state index contributed by atoms with van der Waals surface area (Å²) in [6.45, 7) is 3.65. The van der Waals surface area contributed by atoms with Crippen molar-refractivity contribution in [2.24, 2.45) is 5.10 Å². The van der Waals surface area contributed by atoms with E-state index in [1.54, 1.807) is 9.69 Å². The van der Waals surface area contributed by atoms with E-state index < -0.39 is 0 Å². The van der Waals surface area contributed by atoms with E-state index in [-0.39, 0.29) is 0 Å². The minimum atomic E-state index is 0.546. The van der Waals surface area contributed by atoms with Crippen LogP contribution in [0.4, 0.5) is 11.6 Å². The first-order valence-corrected chi connectivity index (χ1v) is 12.0. The zero-order valence-electron chi connectivity index (χ0n) is 19.9. The lowest BCUT2D eigenvalue weighted by Gasteiger charge is -2.17. The molecule has 36 heavy (non-hydrogen) atoms. The number of hydrogen-bond donors (Lipinski definition) is 0. The maximum atomic E-state index is 4.86. The van der Waals surface area contributed by atoms with Crippen molar-refractivity contribution < 1.29 is 0 Å². The number of hydrazone groups is 1. The summed E-state index contributed by atoms with van der Waals surface area (Å²) in [4.78, 5) is 0. The molecule has 7 nitrogen and oxygen atoms in total. The minimum absolute atomic E-state index is 0.546. The van der Waals surface area contributed by atoms with Crippen molar-refractivity contribution in [3.63, 3.8) is 0 Å². The summed E-state index contributed by atoms with van der Waals surface area (Å²) in [5.41, 5.74) is 5.46. The zero-order chi connectivity index (χ0) is 24.3. The Morgan fingerprint density at radius 2 is 1.53 bits per heavy atom. The molecule has 0 unspecified atom stereocenters. The molecule has 0 bridgehead atoms. The van der Waals surface area contributed by atoms with Crippen molar-refractivity contribution in [3.8, 4) is 0 Å². The summed E-state index contributed by atoms with van der Waals surface area (Å²) in [6, 6.07) is 35.1. The number of nitrogens with zero attached hydrogens (tertiary/aromatic N) is 7. The highest BCUT2D eigenvalue weighted by molar-refractivity contribution is 6.09. The van der Waals surface area contributed by atoms with Gasteiger partial charge in [-0.25, -0.2) is 4.68 Å². The van der Waals surface area contributed by atoms with E-state index in [0.29, 0.717) is 12.5 Å². The quantitative estimate of drug-likeness (QED) is 0.211. The highest BCUT2D eigenvalue weighted by Gasteiger charge is 2.17. The monoisotopic (exact) mass is 471 g/mol. The summed E-state index contributed by atoms with van der Waals surface area (Å²) >= 11 is 0. The second kappa shape index (κ2) is 9.46. The molecule has 6 rings (SSSR count). The lowest BCUT2D eigenvalue weighted by molar-refractivity contribution is 0.645. The summed E-state index contributed by atoms with van der Waals surface area (Å²) in [5.74, 6) is 0.546. The van der Waals surface area contributed by atoms with E-state index >= 15 is 0 Å². The highest BCUT2D eigenvalue weighted by Crippen LogP contribution is 2.30. The van der Waals surface area contributed by atoms with Gasteiger partial charge in [0.2, 0.25) is 0 Å². The molecule has 2 heterocycles. The molecule has 0 spiro atoms. The lowest BCUT2D eigenvalue weighted by atomic mass is 10.1. The number of aryl methyl sites for hydroxylation is 1. The molecule has 0 atom stereocenters. The van der Waals surface area contributed by atoms with Gasteiger partial charge in [0, 0.05) is 28.4 Å². The first-order chi connectivity index (χ1) is 17.8. The number of aromatic nitrogens is 5. The van der Waals surface area contributed by atoms with E-state index in [1.807, 2.05) is 54.7 Å². The fraction of sp³-hybridized carbons (Fsp3) is 0.103. The van der Waals surface area contributed by atoms with Gasteiger partial charge in [0.25, 0.3) is 5.95 Å². The van der Waals surface area contributed by atoms with Gasteiger partial charge >= 0.3 is 0 Å². The molecule has 0 aliphatic heterocycles. The molecule has 176 valence electrons. The van der Waals surface area contributed by atoms with Gasteiger partial charge in [-0.2, -0.15) is 10.1 Å². The Hall–Kier alpha value is -4.78. The minimum Gasteiger partial charge on any atom is -0.341 e. The van der Waals surface area contributed by atoms with Crippen LogP contribution in [0.1, 0.15) is 18.1 Å². The first-order valence-electron chi connectivity index (χ1n) is 12.0. The van der Waals surface area contributed by atoms with Gasteiger partial charge in [-0.15, -0.1) is 0 Å². The SMILES string of the molecule is CCn1c2ccccc2c2cc(/C=N\N(c3ccccc3)c3nnnn3Cc3ccccc3)ccc21. The molecule has 7 heteroatoms. The van der Waals surface area contributed by atoms with Crippen LogP contribution in [-0.2, 0) is 13.1 Å². The molecule has 0 aliphatic rings. The van der Waals surface area contributed by atoms with Crippen molar-refractivity contribution in [2.45, 2.75) is 20.0 Å². The third kappa shape index (κ3) is 4.01. The molecule has 0 amide bonds. The van der Waals surface area contributed by atoms with Crippen LogP contribution < -0.4 is 5.01 Å². The molecule has 0 fully saturated rings. The van der Waals surface area contributed by atoms with Crippen molar-refractivity contribution >= 4 is 39.7 Å².